The Labute approximate surface area is 165 Å². The van der Waals surface area contributed by atoms with Crippen LogP contribution < -0.4 is 10.6 Å². The summed E-state index contributed by atoms with van der Waals surface area (Å²) in [5.41, 5.74) is 4.24. The zero-order valence-corrected chi connectivity index (χ0v) is 16.0. The number of para-hydroxylation sites is 2. The molecule has 0 saturated heterocycles. The van der Waals surface area contributed by atoms with Crippen molar-refractivity contribution in [3.8, 4) is 11.8 Å². The molecular weight excluding hydrogens is 350 g/mol. The Hall–Kier alpha value is -3.26. The molecule has 1 atom stereocenters. The zero-order chi connectivity index (χ0) is 19.9. The largest absolute Gasteiger partial charge is 0.506 e. The number of hydrogen-bond acceptors (Lipinski definition) is 4. The maximum Gasteiger partial charge on any atom is 0.263 e. The van der Waals surface area contributed by atoms with Crippen LogP contribution in [0.15, 0.2) is 54.2 Å². The molecule has 1 amide bonds. The molecule has 5 nitrogen and oxygen atoms in total. The van der Waals surface area contributed by atoms with Crippen molar-refractivity contribution >= 4 is 11.6 Å². The number of carbonyl (C=O) groups is 1. The monoisotopic (exact) mass is 375 g/mol. The van der Waals surface area contributed by atoms with Crippen molar-refractivity contribution in [2.45, 2.75) is 45.1 Å². The Morgan fingerprint density at radius 1 is 1.21 bits per heavy atom. The highest BCUT2D eigenvalue weighted by Crippen LogP contribution is 2.26. The van der Waals surface area contributed by atoms with Crippen LogP contribution in [-0.2, 0) is 17.6 Å². The molecule has 0 saturated carbocycles. The first kappa shape index (κ1) is 19.5. The molecule has 0 aliphatic heterocycles. The number of hydrogen-bond donors (Lipinski definition) is 3. The van der Waals surface area contributed by atoms with E-state index in [1.165, 1.54) is 36.2 Å². The molecule has 0 spiro atoms. The third-order valence-corrected chi connectivity index (χ3v) is 5.13. The number of fused-ring (bicyclic) bond motifs is 1. The average molecular weight is 375 g/mol. The second-order valence-corrected chi connectivity index (χ2v) is 7.00. The van der Waals surface area contributed by atoms with Crippen LogP contribution in [0.3, 0.4) is 0 Å². The van der Waals surface area contributed by atoms with E-state index < -0.39 is 5.91 Å². The predicted molar refractivity (Wildman–Crippen MR) is 110 cm³/mol. The summed E-state index contributed by atoms with van der Waals surface area (Å²) in [6, 6.07) is 14.9. The topological polar surface area (TPSA) is 85.2 Å². The number of nitriles is 1. The molecule has 5 heteroatoms. The summed E-state index contributed by atoms with van der Waals surface area (Å²) in [5, 5.41) is 24.9. The van der Waals surface area contributed by atoms with Crippen LogP contribution >= 0.6 is 0 Å². The van der Waals surface area contributed by atoms with Crippen LogP contribution in [-0.4, -0.2) is 11.0 Å². The molecule has 1 aliphatic carbocycles. The van der Waals surface area contributed by atoms with Gasteiger partial charge in [-0.2, -0.15) is 5.26 Å². The van der Waals surface area contributed by atoms with E-state index in [1.54, 1.807) is 18.2 Å². The molecule has 2 aromatic rings. The summed E-state index contributed by atoms with van der Waals surface area (Å²) in [6.07, 6.45) is 6.71. The van der Waals surface area contributed by atoms with Crippen LogP contribution in [0.5, 0.6) is 5.75 Å². The van der Waals surface area contributed by atoms with Gasteiger partial charge in [0, 0.05) is 6.20 Å². The van der Waals surface area contributed by atoms with Crippen LogP contribution in [0.1, 0.15) is 48.9 Å². The van der Waals surface area contributed by atoms with Gasteiger partial charge in [0.15, 0.2) is 0 Å². The summed E-state index contributed by atoms with van der Waals surface area (Å²) in [6.45, 7) is 2.01. The van der Waals surface area contributed by atoms with E-state index in [4.69, 9.17) is 0 Å². The highest BCUT2D eigenvalue weighted by atomic mass is 16.3. The second-order valence-electron chi connectivity index (χ2n) is 7.00. The highest BCUT2D eigenvalue weighted by Gasteiger charge is 2.18. The predicted octanol–water partition coefficient (Wildman–Crippen LogP) is 4.36. The molecule has 1 unspecified atom stereocenters. The standard InChI is InChI=1S/C23H25N3O2/c1-2-20(18-12-11-16-7-3-4-8-17(16)13-18)26-23(28)19(14-24)15-25-21-9-5-6-10-22(21)27/h5-6,9-13,15,20,25,27H,2-4,7-8H2,1H3,(H,26,28)/b19-15-. The quantitative estimate of drug-likeness (QED) is 0.398. The lowest BCUT2D eigenvalue weighted by atomic mass is 9.88. The van der Waals surface area contributed by atoms with Gasteiger partial charge in [0.25, 0.3) is 5.91 Å². The molecule has 0 fully saturated rings. The third kappa shape index (κ3) is 4.52. The fraction of sp³-hybridized carbons (Fsp3) is 0.304. The van der Waals surface area contributed by atoms with E-state index in [0.717, 1.165) is 24.8 Å². The summed E-state index contributed by atoms with van der Waals surface area (Å²) in [4.78, 5) is 12.6. The van der Waals surface area contributed by atoms with Gasteiger partial charge in [-0.15, -0.1) is 0 Å². The van der Waals surface area contributed by atoms with Crippen LogP contribution in [0.4, 0.5) is 5.69 Å². The molecule has 144 valence electrons. The Balaban J connectivity index is 1.72. The summed E-state index contributed by atoms with van der Waals surface area (Å²) >= 11 is 0. The maximum absolute atomic E-state index is 12.6. The van der Waals surface area contributed by atoms with Gasteiger partial charge in [-0.1, -0.05) is 37.3 Å². The smallest absolute Gasteiger partial charge is 0.263 e. The van der Waals surface area contributed by atoms with Gasteiger partial charge in [0.05, 0.1) is 11.7 Å². The number of carbonyl (C=O) groups excluding carboxylic acids is 1. The lowest BCUT2D eigenvalue weighted by Crippen LogP contribution is -2.29. The molecule has 0 bridgehead atoms. The SMILES string of the molecule is CCC(NC(=O)/C(C#N)=C\Nc1ccccc1O)c1ccc2c(c1)CCCC2. The average Bonchev–Trinajstić information content (AvgIpc) is 2.73. The third-order valence-electron chi connectivity index (χ3n) is 5.13. The van der Waals surface area contributed by atoms with Crippen LogP contribution in [0.25, 0.3) is 0 Å². The number of rotatable bonds is 6. The first-order valence-electron chi connectivity index (χ1n) is 9.69. The number of phenolic OH excluding ortho intramolecular Hbond substituents is 1. The van der Waals surface area contributed by atoms with Gasteiger partial charge in [0.1, 0.15) is 17.4 Å². The number of amides is 1. The van der Waals surface area contributed by atoms with E-state index in [-0.39, 0.29) is 17.4 Å². The van der Waals surface area contributed by atoms with Crippen molar-refractivity contribution in [3.63, 3.8) is 0 Å². The molecule has 3 rings (SSSR count). The van der Waals surface area contributed by atoms with E-state index in [1.807, 2.05) is 13.0 Å². The van der Waals surface area contributed by atoms with Crippen molar-refractivity contribution in [2.24, 2.45) is 0 Å². The first-order valence-corrected chi connectivity index (χ1v) is 9.69. The minimum Gasteiger partial charge on any atom is -0.506 e. The molecule has 0 aromatic heterocycles. The number of nitrogens with zero attached hydrogens (tertiary/aromatic N) is 1. The molecule has 1 aliphatic rings. The van der Waals surface area contributed by atoms with Gasteiger partial charge >= 0.3 is 0 Å². The molecule has 2 aromatic carbocycles. The van der Waals surface area contributed by atoms with E-state index in [9.17, 15) is 15.2 Å². The number of phenols is 1. The molecular formula is C23H25N3O2. The van der Waals surface area contributed by atoms with E-state index in [2.05, 4.69) is 28.8 Å². The zero-order valence-electron chi connectivity index (χ0n) is 16.0. The number of benzene rings is 2. The molecule has 0 heterocycles. The minimum absolute atomic E-state index is 0.0420. The van der Waals surface area contributed by atoms with Gasteiger partial charge in [-0.3, -0.25) is 4.79 Å². The fourth-order valence-electron chi connectivity index (χ4n) is 3.52. The van der Waals surface area contributed by atoms with Gasteiger partial charge in [-0.25, -0.2) is 0 Å². The molecule has 0 radical (unpaired) electrons. The minimum atomic E-state index is -0.435. The molecule has 3 N–H and O–H groups in total. The lowest BCUT2D eigenvalue weighted by Gasteiger charge is -2.21. The van der Waals surface area contributed by atoms with Crippen molar-refractivity contribution in [1.82, 2.24) is 5.32 Å². The van der Waals surface area contributed by atoms with Crippen molar-refractivity contribution in [2.75, 3.05) is 5.32 Å². The highest BCUT2D eigenvalue weighted by molar-refractivity contribution is 5.97. The first-order chi connectivity index (χ1) is 13.6. The summed E-state index contributed by atoms with van der Waals surface area (Å²) < 4.78 is 0. The second kappa shape index (κ2) is 9.09. The van der Waals surface area contributed by atoms with Gasteiger partial charge < -0.3 is 15.7 Å². The number of aromatic hydroxyl groups is 1. The summed E-state index contributed by atoms with van der Waals surface area (Å²) in [7, 11) is 0. The van der Waals surface area contributed by atoms with E-state index >= 15 is 0 Å². The number of nitrogens with one attached hydrogen (secondary N) is 2. The van der Waals surface area contributed by atoms with Gasteiger partial charge in [-0.05, 0) is 60.9 Å². The van der Waals surface area contributed by atoms with Crippen molar-refractivity contribution < 1.29 is 9.90 Å². The van der Waals surface area contributed by atoms with Gasteiger partial charge in [0.2, 0.25) is 0 Å². The van der Waals surface area contributed by atoms with Crippen molar-refractivity contribution in [1.29, 1.82) is 5.26 Å². The van der Waals surface area contributed by atoms with Crippen LogP contribution in [0.2, 0.25) is 0 Å². The Bertz CT molecular complexity index is 928. The number of aryl methyl sites for hydroxylation is 2. The normalized spacial score (nSPS) is 14.5. The Morgan fingerprint density at radius 2 is 1.96 bits per heavy atom. The Morgan fingerprint density at radius 3 is 2.68 bits per heavy atom. The van der Waals surface area contributed by atoms with Crippen molar-refractivity contribution in [3.05, 3.63) is 70.9 Å². The maximum atomic E-state index is 12.6. The molecule has 28 heavy (non-hydrogen) atoms. The Kier molecular flexibility index (Phi) is 6.33. The number of anilines is 1. The lowest BCUT2D eigenvalue weighted by molar-refractivity contribution is -0.117. The summed E-state index contributed by atoms with van der Waals surface area (Å²) in [5.74, 6) is -0.382. The van der Waals surface area contributed by atoms with E-state index in [0.29, 0.717) is 5.69 Å². The fourth-order valence-corrected chi connectivity index (χ4v) is 3.52. The van der Waals surface area contributed by atoms with Crippen LogP contribution in [0, 0.1) is 11.3 Å².